The summed E-state index contributed by atoms with van der Waals surface area (Å²) in [5.41, 5.74) is 1.18. The van der Waals surface area contributed by atoms with E-state index in [9.17, 15) is 0 Å². The highest BCUT2D eigenvalue weighted by Crippen LogP contribution is 2.13. The van der Waals surface area contributed by atoms with Gasteiger partial charge in [0.25, 0.3) is 0 Å². The van der Waals surface area contributed by atoms with Crippen LogP contribution in [0, 0.1) is 0 Å². The van der Waals surface area contributed by atoms with Crippen molar-refractivity contribution < 1.29 is 0 Å². The van der Waals surface area contributed by atoms with Crippen molar-refractivity contribution in [1.82, 2.24) is 9.80 Å². The lowest BCUT2D eigenvalue weighted by Gasteiger charge is -2.37. The first-order chi connectivity index (χ1) is 9.29. The molecule has 0 aromatic heterocycles. The molecular weight excluding hydrogens is 232 g/mol. The van der Waals surface area contributed by atoms with Gasteiger partial charge in [-0.25, -0.2) is 0 Å². The molecule has 2 aliphatic rings. The Morgan fingerprint density at radius 1 is 1.16 bits per heavy atom. The van der Waals surface area contributed by atoms with Gasteiger partial charge in [-0.2, -0.15) is 0 Å². The van der Waals surface area contributed by atoms with Crippen LogP contribution in [0.15, 0.2) is 61.3 Å². The number of allylic oxidation sites excluding steroid dienone is 5. The highest BCUT2D eigenvalue weighted by molar-refractivity contribution is 5.22. The summed E-state index contributed by atoms with van der Waals surface area (Å²) in [6, 6.07) is 0.535. The van der Waals surface area contributed by atoms with E-state index in [1.54, 1.807) is 6.08 Å². The van der Waals surface area contributed by atoms with Gasteiger partial charge < -0.3 is 4.90 Å². The van der Waals surface area contributed by atoms with E-state index in [2.05, 4.69) is 53.3 Å². The molecule has 2 rings (SSSR count). The molecule has 0 N–H and O–H groups in total. The number of nitrogens with zero attached hydrogens (tertiary/aromatic N) is 2. The minimum Gasteiger partial charge on any atom is -0.300 e. The third-order valence-electron chi connectivity index (χ3n) is 3.77. The predicted octanol–water partition coefficient (Wildman–Crippen LogP) is 2.79. The smallest absolute Gasteiger partial charge is 0.0468 e. The number of piperazine rings is 1. The summed E-state index contributed by atoms with van der Waals surface area (Å²) in [7, 11) is 0. The fraction of sp³-hybridized carbons (Fsp3) is 0.412. The lowest BCUT2D eigenvalue weighted by molar-refractivity contribution is 0.126. The maximum atomic E-state index is 4.06. The van der Waals surface area contributed by atoms with Crippen LogP contribution >= 0.6 is 0 Å². The normalized spacial score (nSPS) is 21.5. The van der Waals surface area contributed by atoms with Crippen LogP contribution in [0.5, 0.6) is 0 Å². The summed E-state index contributed by atoms with van der Waals surface area (Å²) < 4.78 is 0. The third kappa shape index (κ3) is 4.34. The van der Waals surface area contributed by atoms with Crippen LogP contribution in [0.4, 0.5) is 0 Å². The van der Waals surface area contributed by atoms with E-state index in [4.69, 9.17) is 0 Å². The van der Waals surface area contributed by atoms with Crippen LogP contribution in [-0.4, -0.2) is 48.6 Å². The van der Waals surface area contributed by atoms with Gasteiger partial charge in [-0.1, -0.05) is 61.3 Å². The monoisotopic (exact) mass is 256 g/mol. The largest absolute Gasteiger partial charge is 0.300 e. The second-order valence-electron chi connectivity index (χ2n) is 5.14. The Morgan fingerprint density at radius 2 is 1.84 bits per heavy atom. The molecule has 0 saturated carbocycles. The molecule has 1 saturated heterocycles. The van der Waals surface area contributed by atoms with Crippen LogP contribution in [0.1, 0.15) is 6.42 Å². The van der Waals surface area contributed by atoms with Crippen molar-refractivity contribution in [2.45, 2.75) is 12.5 Å². The van der Waals surface area contributed by atoms with Gasteiger partial charge in [0.1, 0.15) is 0 Å². The maximum absolute atomic E-state index is 4.06. The molecule has 19 heavy (non-hydrogen) atoms. The fourth-order valence-corrected chi connectivity index (χ4v) is 2.54. The predicted molar refractivity (Wildman–Crippen MR) is 83.2 cm³/mol. The van der Waals surface area contributed by atoms with Crippen molar-refractivity contribution in [2.75, 3.05) is 32.7 Å². The number of rotatable bonds is 6. The standard InChI is InChI=1S/C17H24N2/c1-3-4-7-16(2)10-11-18-12-14-19(15-13-18)17-8-5-6-9-17/h3-9,17H,1-2,10-15H2. The van der Waals surface area contributed by atoms with Gasteiger partial charge in [0, 0.05) is 38.8 Å². The zero-order valence-corrected chi connectivity index (χ0v) is 11.7. The number of hydrogen-bond donors (Lipinski definition) is 0. The summed E-state index contributed by atoms with van der Waals surface area (Å²) in [5.74, 6) is 0. The molecule has 0 amide bonds. The van der Waals surface area contributed by atoms with Gasteiger partial charge in [0.05, 0.1) is 0 Å². The van der Waals surface area contributed by atoms with Crippen LogP contribution in [0.25, 0.3) is 0 Å². The summed E-state index contributed by atoms with van der Waals surface area (Å²) >= 11 is 0. The minimum absolute atomic E-state index is 0.535. The Morgan fingerprint density at radius 3 is 2.47 bits per heavy atom. The molecular formula is C17H24N2. The van der Waals surface area contributed by atoms with E-state index in [1.165, 1.54) is 5.57 Å². The second kappa shape index (κ2) is 7.27. The van der Waals surface area contributed by atoms with Crippen molar-refractivity contribution in [3.8, 4) is 0 Å². The molecule has 0 atom stereocenters. The summed E-state index contributed by atoms with van der Waals surface area (Å²) in [6.07, 6.45) is 15.7. The van der Waals surface area contributed by atoms with Crippen LogP contribution < -0.4 is 0 Å². The molecule has 1 aliphatic carbocycles. The molecule has 1 aliphatic heterocycles. The SMILES string of the molecule is C=CC=CC(=C)CCN1CCN(C2C=CC=C2)CC1. The number of hydrogen-bond acceptors (Lipinski definition) is 2. The molecule has 1 fully saturated rings. The lowest BCUT2D eigenvalue weighted by Crippen LogP contribution is -2.49. The van der Waals surface area contributed by atoms with Gasteiger partial charge in [-0.3, -0.25) is 4.90 Å². The maximum Gasteiger partial charge on any atom is 0.0468 e. The van der Waals surface area contributed by atoms with Crippen LogP contribution in [-0.2, 0) is 0 Å². The molecule has 0 spiro atoms. The van der Waals surface area contributed by atoms with Crippen molar-refractivity contribution in [3.63, 3.8) is 0 Å². The first-order valence-corrected chi connectivity index (χ1v) is 7.08. The lowest BCUT2D eigenvalue weighted by atomic mass is 10.1. The van der Waals surface area contributed by atoms with Crippen molar-refractivity contribution in [3.05, 3.63) is 61.3 Å². The van der Waals surface area contributed by atoms with E-state index in [0.717, 1.165) is 39.1 Å². The molecule has 102 valence electrons. The van der Waals surface area contributed by atoms with Crippen molar-refractivity contribution >= 4 is 0 Å². The summed E-state index contributed by atoms with van der Waals surface area (Å²) in [6.45, 7) is 13.5. The molecule has 0 bridgehead atoms. The Bertz CT molecular complexity index is 383. The minimum atomic E-state index is 0.535. The van der Waals surface area contributed by atoms with Crippen LogP contribution in [0.2, 0.25) is 0 Å². The summed E-state index contributed by atoms with van der Waals surface area (Å²) in [5, 5.41) is 0. The second-order valence-corrected chi connectivity index (χ2v) is 5.14. The highest BCUT2D eigenvalue weighted by Gasteiger charge is 2.21. The zero-order valence-electron chi connectivity index (χ0n) is 11.7. The molecule has 2 heteroatoms. The van der Waals surface area contributed by atoms with Gasteiger partial charge in [-0.05, 0) is 6.42 Å². The highest BCUT2D eigenvalue weighted by atomic mass is 15.3. The van der Waals surface area contributed by atoms with Gasteiger partial charge in [0.15, 0.2) is 0 Å². The topological polar surface area (TPSA) is 6.48 Å². The van der Waals surface area contributed by atoms with E-state index in [1.807, 2.05) is 6.08 Å². The molecule has 2 nitrogen and oxygen atoms in total. The first kappa shape index (κ1) is 14.0. The van der Waals surface area contributed by atoms with Crippen molar-refractivity contribution in [2.24, 2.45) is 0 Å². The van der Waals surface area contributed by atoms with E-state index < -0.39 is 0 Å². The first-order valence-electron chi connectivity index (χ1n) is 7.08. The summed E-state index contributed by atoms with van der Waals surface area (Å²) in [4.78, 5) is 5.08. The van der Waals surface area contributed by atoms with Crippen LogP contribution in [0.3, 0.4) is 0 Å². The van der Waals surface area contributed by atoms with E-state index >= 15 is 0 Å². The van der Waals surface area contributed by atoms with Gasteiger partial charge in [-0.15, -0.1) is 0 Å². The molecule has 0 aromatic rings. The molecule has 0 radical (unpaired) electrons. The average molecular weight is 256 g/mol. The Hall–Kier alpha value is -1.38. The Labute approximate surface area is 117 Å². The third-order valence-corrected chi connectivity index (χ3v) is 3.77. The quantitative estimate of drug-likeness (QED) is 0.674. The Kier molecular flexibility index (Phi) is 5.37. The Balaban J connectivity index is 1.67. The average Bonchev–Trinajstić information content (AvgIpc) is 2.97. The fourth-order valence-electron chi connectivity index (χ4n) is 2.54. The van der Waals surface area contributed by atoms with E-state index in [-0.39, 0.29) is 0 Å². The molecule has 1 heterocycles. The van der Waals surface area contributed by atoms with Crippen molar-refractivity contribution in [1.29, 1.82) is 0 Å². The molecule has 0 unspecified atom stereocenters. The zero-order chi connectivity index (χ0) is 13.5. The molecule has 0 aromatic carbocycles. The van der Waals surface area contributed by atoms with E-state index in [0.29, 0.717) is 6.04 Å². The van der Waals surface area contributed by atoms with Gasteiger partial charge in [0.2, 0.25) is 0 Å². The van der Waals surface area contributed by atoms with Gasteiger partial charge >= 0.3 is 0 Å².